The van der Waals surface area contributed by atoms with E-state index in [9.17, 15) is 21.6 Å². The lowest BCUT2D eigenvalue weighted by Crippen LogP contribution is -2.08. The van der Waals surface area contributed by atoms with Gasteiger partial charge in [0.25, 0.3) is 10.0 Å². The Morgan fingerprint density at radius 2 is 1.93 bits per heavy atom. The van der Waals surface area contributed by atoms with Gasteiger partial charge >= 0.3 is 12.1 Å². The van der Waals surface area contributed by atoms with Crippen LogP contribution in [-0.4, -0.2) is 27.5 Å². The van der Waals surface area contributed by atoms with Crippen molar-refractivity contribution in [2.24, 2.45) is 0 Å². The van der Waals surface area contributed by atoms with Crippen molar-refractivity contribution in [3.63, 3.8) is 0 Å². The first-order valence-electron chi connectivity index (χ1n) is 8.27. The maximum atomic E-state index is 12.8. The number of rotatable bonds is 5. The molecule has 30 heavy (non-hydrogen) atoms. The lowest BCUT2D eigenvalue weighted by atomic mass is 10.3. The van der Waals surface area contributed by atoms with Gasteiger partial charge in [0, 0.05) is 18.6 Å². The fourth-order valence-corrected chi connectivity index (χ4v) is 5.03. The molecule has 0 aromatic carbocycles. The van der Waals surface area contributed by atoms with Gasteiger partial charge in [-0.1, -0.05) is 11.2 Å². The Balaban J connectivity index is 1.54. The highest BCUT2D eigenvalue weighted by atomic mass is 32.2. The monoisotopic (exact) mass is 452 g/mol. The number of nitrogens with zero attached hydrogens (tertiary/aromatic N) is 4. The molecule has 4 heterocycles. The Morgan fingerprint density at radius 1 is 1.10 bits per heavy atom. The molecule has 0 N–H and O–H groups in total. The summed E-state index contributed by atoms with van der Waals surface area (Å²) in [4.78, 5) is 8.12. The molecule has 0 spiro atoms. The van der Waals surface area contributed by atoms with Crippen LogP contribution in [0.1, 0.15) is 17.3 Å². The summed E-state index contributed by atoms with van der Waals surface area (Å²) in [5.74, 6) is -1.74. The number of alkyl halides is 3. The third kappa shape index (κ3) is 4.04. The van der Waals surface area contributed by atoms with Gasteiger partial charge in [-0.05, 0) is 48.0 Å². The van der Waals surface area contributed by atoms with Crippen molar-refractivity contribution in [2.75, 3.05) is 0 Å². The van der Waals surface area contributed by atoms with Gasteiger partial charge in [0.15, 0.2) is 5.82 Å². The van der Waals surface area contributed by atoms with Crippen LogP contribution in [0.25, 0.3) is 22.7 Å². The van der Waals surface area contributed by atoms with Crippen LogP contribution in [0.3, 0.4) is 0 Å². The molecule has 154 valence electrons. The fraction of sp³-hybridized carbons (Fsp3) is 0.0556. The molecule has 0 amide bonds. The van der Waals surface area contributed by atoms with Crippen molar-refractivity contribution >= 4 is 33.5 Å². The summed E-state index contributed by atoms with van der Waals surface area (Å²) in [6, 6.07) is 10.0. The maximum absolute atomic E-state index is 12.8. The van der Waals surface area contributed by atoms with Crippen molar-refractivity contribution in [3.8, 4) is 10.6 Å². The van der Waals surface area contributed by atoms with Gasteiger partial charge in [-0.15, -0.1) is 11.3 Å². The minimum atomic E-state index is -4.73. The Labute approximate surface area is 172 Å². The highest BCUT2D eigenvalue weighted by Crippen LogP contribution is 2.31. The fourth-order valence-electron chi connectivity index (χ4n) is 2.44. The summed E-state index contributed by atoms with van der Waals surface area (Å²) in [6.07, 6.45) is 2.13. The van der Waals surface area contributed by atoms with Crippen molar-refractivity contribution in [2.45, 2.75) is 10.4 Å². The van der Waals surface area contributed by atoms with Gasteiger partial charge in [0.1, 0.15) is 4.21 Å². The van der Waals surface area contributed by atoms with E-state index < -0.39 is 22.1 Å². The quantitative estimate of drug-likeness (QED) is 0.445. The molecule has 0 aliphatic rings. The predicted octanol–water partition coefficient (Wildman–Crippen LogP) is 4.42. The van der Waals surface area contributed by atoms with E-state index in [1.54, 1.807) is 24.4 Å². The summed E-state index contributed by atoms with van der Waals surface area (Å²) in [7, 11) is -3.83. The summed E-state index contributed by atoms with van der Waals surface area (Å²) in [6.45, 7) is 0. The van der Waals surface area contributed by atoms with Crippen molar-refractivity contribution in [1.82, 2.24) is 19.1 Å². The van der Waals surface area contributed by atoms with Crippen LogP contribution in [0.4, 0.5) is 13.2 Å². The molecule has 0 aliphatic heterocycles. The molecule has 0 fully saturated rings. The average Bonchev–Trinajstić information content (AvgIpc) is 3.47. The zero-order valence-corrected chi connectivity index (χ0v) is 16.4. The minimum Gasteiger partial charge on any atom is -0.329 e. The topological polar surface area (TPSA) is 90.9 Å². The van der Waals surface area contributed by atoms with Crippen LogP contribution in [0.15, 0.2) is 63.7 Å². The van der Waals surface area contributed by atoms with Crippen LogP contribution in [-0.2, 0) is 16.2 Å². The van der Waals surface area contributed by atoms with Crippen LogP contribution < -0.4 is 0 Å². The summed E-state index contributed by atoms with van der Waals surface area (Å²) in [5, 5.41) is 3.21. The van der Waals surface area contributed by atoms with E-state index in [4.69, 9.17) is 0 Å². The maximum Gasteiger partial charge on any atom is 0.471 e. The molecule has 0 bridgehead atoms. The minimum absolute atomic E-state index is 0.127. The molecular weight excluding hydrogens is 441 g/mol. The number of thiophene rings is 1. The molecule has 0 saturated heterocycles. The molecular formula is C18H11F3N4O3S2. The molecule has 7 nitrogen and oxygen atoms in total. The average molecular weight is 452 g/mol. The van der Waals surface area contributed by atoms with Gasteiger partial charge < -0.3 is 4.52 Å². The summed E-state index contributed by atoms with van der Waals surface area (Å²) < 4.78 is 68.4. The molecule has 0 aliphatic carbocycles. The summed E-state index contributed by atoms with van der Waals surface area (Å²) in [5.41, 5.74) is 1.09. The Bertz CT molecular complexity index is 1310. The standard InChI is InChI=1S/C18H11F3N4O3S2/c19-18(20,21)17-23-15(24-28-17)6-4-12-8-10-25(11-12)30(26,27)16-7-5-14(29-16)13-3-1-2-9-22-13/h1-11H/b6-4+. The van der Waals surface area contributed by atoms with Gasteiger partial charge in [0.2, 0.25) is 0 Å². The van der Waals surface area contributed by atoms with E-state index in [2.05, 4.69) is 19.6 Å². The normalized spacial score (nSPS) is 12.6. The Hall–Kier alpha value is -3.25. The van der Waals surface area contributed by atoms with Gasteiger partial charge in [-0.3, -0.25) is 4.98 Å². The molecule has 0 atom stereocenters. The largest absolute Gasteiger partial charge is 0.471 e. The van der Waals surface area contributed by atoms with Crippen LogP contribution in [0.5, 0.6) is 0 Å². The van der Waals surface area contributed by atoms with E-state index in [-0.39, 0.29) is 10.0 Å². The predicted molar refractivity (Wildman–Crippen MR) is 103 cm³/mol. The lowest BCUT2D eigenvalue weighted by molar-refractivity contribution is -0.159. The third-order valence-corrected chi connectivity index (χ3v) is 7.04. The number of pyridine rings is 1. The zero-order chi connectivity index (χ0) is 21.4. The first kappa shape index (κ1) is 20.0. The zero-order valence-electron chi connectivity index (χ0n) is 14.8. The van der Waals surface area contributed by atoms with E-state index in [1.807, 2.05) is 6.07 Å². The molecule has 4 aromatic heterocycles. The second-order valence-corrected chi connectivity index (χ2v) is 9.06. The van der Waals surface area contributed by atoms with E-state index >= 15 is 0 Å². The lowest BCUT2D eigenvalue weighted by Gasteiger charge is -2.02. The van der Waals surface area contributed by atoms with Crippen LogP contribution in [0.2, 0.25) is 0 Å². The van der Waals surface area contributed by atoms with Gasteiger partial charge in [-0.2, -0.15) is 26.6 Å². The number of hydrogen-bond acceptors (Lipinski definition) is 7. The SMILES string of the molecule is O=S(=O)(c1ccc(-c2ccccn2)s1)n1ccc(/C=C/c2noc(C(F)(F)F)n2)c1. The van der Waals surface area contributed by atoms with Crippen LogP contribution >= 0.6 is 11.3 Å². The second kappa shape index (κ2) is 7.54. The molecule has 0 saturated carbocycles. The molecule has 12 heteroatoms. The first-order valence-corrected chi connectivity index (χ1v) is 10.5. The van der Waals surface area contributed by atoms with E-state index in [0.717, 1.165) is 15.3 Å². The molecule has 4 aromatic rings. The molecule has 0 unspecified atom stereocenters. The second-order valence-electron chi connectivity index (χ2n) is 5.90. The van der Waals surface area contributed by atoms with Crippen molar-refractivity contribution in [1.29, 1.82) is 0 Å². The van der Waals surface area contributed by atoms with Crippen LogP contribution in [0, 0.1) is 0 Å². The van der Waals surface area contributed by atoms with Crippen molar-refractivity contribution < 1.29 is 26.1 Å². The number of halogens is 3. The highest BCUT2D eigenvalue weighted by molar-refractivity contribution is 7.92. The number of hydrogen-bond donors (Lipinski definition) is 0. The Morgan fingerprint density at radius 3 is 2.63 bits per heavy atom. The van der Waals surface area contributed by atoms with E-state index in [1.165, 1.54) is 36.7 Å². The molecule has 0 radical (unpaired) electrons. The first-order chi connectivity index (χ1) is 14.2. The number of aromatic nitrogens is 4. The van der Waals surface area contributed by atoms with Gasteiger partial charge in [-0.25, -0.2) is 3.97 Å². The molecule has 4 rings (SSSR count). The smallest absolute Gasteiger partial charge is 0.329 e. The Kier molecular flexibility index (Phi) is 5.03. The summed E-state index contributed by atoms with van der Waals surface area (Å²) >= 11 is 1.08. The van der Waals surface area contributed by atoms with Crippen molar-refractivity contribution in [3.05, 3.63) is 72.3 Å². The van der Waals surface area contributed by atoms with Gasteiger partial charge in [0.05, 0.1) is 10.6 Å². The van der Waals surface area contributed by atoms with E-state index in [0.29, 0.717) is 16.1 Å². The third-order valence-electron chi connectivity index (χ3n) is 3.83. The highest BCUT2D eigenvalue weighted by Gasteiger charge is 2.38.